The minimum absolute atomic E-state index is 0. The van der Waals surface area contributed by atoms with Crippen molar-refractivity contribution >= 4 is 0 Å². The normalized spacial score (nSPS) is 8.22. The molecular formula is C7H11NO. The Balaban J connectivity index is 0.000000640. The number of aromatic amines is 1. The zero-order chi connectivity index (χ0) is 5.98. The van der Waals surface area contributed by atoms with Crippen LogP contribution in [0.25, 0.3) is 0 Å². The molecule has 0 saturated heterocycles. The number of pyridine rings is 1. The predicted molar refractivity (Wildman–Crippen MR) is 34.4 cm³/mol. The highest BCUT2D eigenvalue weighted by Crippen LogP contribution is 1.93. The van der Waals surface area contributed by atoms with Crippen LogP contribution in [0.4, 0.5) is 0 Å². The number of aromatic nitrogens is 1. The number of rotatable bonds is 0. The first-order valence-corrected chi connectivity index (χ1v) is 2.73. The maximum Gasteiger partial charge on any atom is 0.169 e. The number of nitrogens with one attached hydrogen (secondary N) is 1. The van der Waals surface area contributed by atoms with Crippen LogP contribution < -0.4 is 4.98 Å². The van der Waals surface area contributed by atoms with Crippen LogP contribution in [0.3, 0.4) is 0 Å². The van der Waals surface area contributed by atoms with Gasteiger partial charge in [-0.2, -0.15) is 0 Å². The van der Waals surface area contributed by atoms with Crippen molar-refractivity contribution in [1.82, 2.24) is 0 Å². The first-order valence-electron chi connectivity index (χ1n) is 2.73. The Kier molecular flexibility index (Phi) is 2.88. The largest absolute Gasteiger partial charge is 0.870 e. The standard InChI is InChI=1S/C7H9N.H2O/c1-6-3-7(2)5-8-4-6;/h3-5H,1-2H3;1H2. The summed E-state index contributed by atoms with van der Waals surface area (Å²) >= 11 is 0. The van der Waals surface area contributed by atoms with Crippen molar-refractivity contribution in [3.8, 4) is 0 Å². The highest BCUT2D eigenvalue weighted by molar-refractivity contribution is 5.10. The fraction of sp³-hybridized carbons (Fsp3) is 0.286. The molecular weight excluding hydrogens is 114 g/mol. The molecule has 0 saturated carbocycles. The SMILES string of the molecule is Cc1c[nH+]cc(C)c1.[OH-]. The molecule has 1 heterocycles. The molecule has 0 bridgehead atoms. The smallest absolute Gasteiger partial charge is 0.169 e. The van der Waals surface area contributed by atoms with Gasteiger partial charge >= 0.3 is 0 Å². The second-order valence-corrected chi connectivity index (χ2v) is 2.09. The number of hydrogen-bond acceptors (Lipinski definition) is 1. The number of hydrogen-bond donors (Lipinski definition) is 0. The van der Waals surface area contributed by atoms with Crippen molar-refractivity contribution in [3.05, 3.63) is 29.6 Å². The molecule has 0 aliphatic rings. The van der Waals surface area contributed by atoms with Gasteiger partial charge < -0.3 is 5.48 Å². The number of aryl methyl sites for hydroxylation is 2. The summed E-state index contributed by atoms with van der Waals surface area (Å²) in [5.41, 5.74) is 2.56. The van der Waals surface area contributed by atoms with Crippen LogP contribution in [0, 0.1) is 13.8 Å². The van der Waals surface area contributed by atoms with Gasteiger partial charge in [-0.1, -0.05) is 0 Å². The number of H-pyrrole nitrogens is 1. The Morgan fingerprint density at radius 2 is 1.56 bits per heavy atom. The molecule has 0 unspecified atom stereocenters. The molecule has 2 heteroatoms. The molecule has 0 aromatic carbocycles. The van der Waals surface area contributed by atoms with E-state index in [0.717, 1.165) is 0 Å². The van der Waals surface area contributed by atoms with Gasteiger partial charge in [-0.05, 0) is 19.9 Å². The molecule has 0 spiro atoms. The Bertz CT molecular complexity index is 169. The molecule has 0 aliphatic heterocycles. The summed E-state index contributed by atoms with van der Waals surface area (Å²) < 4.78 is 0. The molecule has 1 rings (SSSR count). The molecule has 2 N–H and O–H groups in total. The third kappa shape index (κ3) is 2.24. The zero-order valence-electron chi connectivity index (χ0n) is 5.68. The lowest BCUT2D eigenvalue weighted by molar-refractivity contribution is -0.379. The average Bonchev–Trinajstić information content (AvgIpc) is 1.64. The summed E-state index contributed by atoms with van der Waals surface area (Å²) in [7, 11) is 0. The predicted octanol–water partition coefficient (Wildman–Crippen LogP) is 0.941. The summed E-state index contributed by atoms with van der Waals surface area (Å²) in [6, 6.07) is 2.14. The van der Waals surface area contributed by atoms with Crippen molar-refractivity contribution in [2.75, 3.05) is 0 Å². The van der Waals surface area contributed by atoms with Gasteiger partial charge in [0.25, 0.3) is 0 Å². The van der Waals surface area contributed by atoms with Crippen LogP contribution >= 0.6 is 0 Å². The molecule has 1 aromatic rings. The van der Waals surface area contributed by atoms with Gasteiger partial charge in [0, 0.05) is 11.1 Å². The van der Waals surface area contributed by atoms with Crippen molar-refractivity contribution in [3.63, 3.8) is 0 Å². The van der Waals surface area contributed by atoms with Crippen molar-refractivity contribution in [1.29, 1.82) is 0 Å². The van der Waals surface area contributed by atoms with Gasteiger partial charge in [0.05, 0.1) is 0 Å². The van der Waals surface area contributed by atoms with E-state index in [9.17, 15) is 0 Å². The van der Waals surface area contributed by atoms with E-state index in [1.165, 1.54) is 11.1 Å². The highest BCUT2D eigenvalue weighted by atomic mass is 16.0. The lowest BCUT2D eigenvalue weighted by Crippen LogP contribution is -2.00. The molecule has 0 aliphatic carbocycles. The molecule has 2 nitrogen and oxygen atoms in total. The van der Waals surface area contributed by atoms with Gasteiger partial charge in [0.15, 0.2) is 12.4 Å². The van der Waals surface area contributed by atoms with Crippen LogP contribution in [0.2, 0.25) is 0 Å². The van der Waals surface area contributed by atoms with Crippen molar-refractivity contribution < 1.29 is 10.5 Å². The lowest BCUT2D eigenvalue weighted by atomic mass is 10.2. The monoisotopic (exact) mass is 125 g/mol. The van der Waals surface area contributed by atoms with E-state index in [0.29, 0.717) is 0 Å². The van der Waals surface area contributed by atoms with E-state index in [-0.39, 0.29) is 5.48 Å². The van der Waals surface area contributed by atoms with Crippen LogP contribution in [0.5, 0.6) is 0 Å². The fourth-order valence-electron chi connectivity index (χ4n) is 0.747. The maximum atomic E-state index is 3.03. The first-order chi connectivity index (χ1) is 3.79. The van der Waals surface area contributed by atoms with Crippen molar-refractivity contribution in [2.45, 2.75) is 13.8 Å². The van der Waals surface area contributed by atoms with E-state index >= 15 is 0 Å². The average molecular weight is 125 g/mol. The quantitative estimate of drug-likeness (QED) is 0.509. The van der Waals surface area contributed by atoms with Gasteiger partial charge in [-0.25, -0.2) is 4.98 Å². The Morgan fingerprint density at radius 3 is 1.78 bits per heavy atom. The summed E-state index contributed by atoms with van der Waals surface area (Å²) in [4.78, 5) is 3.03. The third-order valence-corrected chi connectivity index (χ3v) is 1.08. The maximum absolute atomic E-state index is 3.03. The molecule has 0 fully saturated rings. The minimum Gasteiger partial charge on any atom is -0.870 e. The van der Waals surface area contributed by atoms with E-state index < -0.39 is 0 Å². The molecule has 50 valence electrons. The topological polar surface area (TPSA) is 44.1 Å². The summed E-state index contributed by atoms with van der Waals surface area (Å²) in [5.74, 6) is 0. The Labute approximate surface area is 54.9 Å². The second-order valence-electron chi connectivity index (χ2n) is 2.09. The Morgan fingerprint density at radius 1 is 1.11 bits per heavy atom. The van der Waals surface area contributed by atoms with E-state index in [1.807, 2.05) is 12.4 Å². The van der Waals surface area contributed by atoms with Crippen molar-refractivity contribution in [2.24, 2.45) is 0 Å². The molecule has 1 aromatic heterocycles. The van der Waals surface area contributed by atoms with Gasteiger partial charge in [-0.15, -0.1) is 0 Å². The van der Waals surface area contributed by atoms with Crippen LogP contribution in [0.1, 0.15) is 11.1 Å². The van der Waals surface area contributed by atoms with Crippen LogP contribution in [-0.2, 0) is 0 Å². The highest BCUT2D eigenvalue weighted by Gasteiger charge is 1.87. The van der Waals surface area contributed by atoms with Crippen LogP contribution in [-0.4, -0.2) is 5.48 Å². The molecule has 9 heavy (non-hydrogen) atoms. The molecule has 0 amide bonds. The lowest BCUT2D eigenvalue weighted by Gasteiger charge is -1.84. The van der Waals surface area contributed by atoms with Crippen LogP contribution in [0.15, 0.2) is 18.5 Å². The van der Waals surface area contributed by atoms with Gasteiger partial charge in [-0.3, -0.25) is 0 Å². The molecule has 0 atom stereocenters. The minimum atomic E-state index is 0. The van der Waals surface area contributed by atoms with E-state index in [2.05, 4.69) is 24.9 Å². The van der Waals surface area contributed by atoms with Gasteiger partial charge in [0.2, 0.25) is 0 Å². The summed E-state index contributed by atoms with van der Waals surface area (Å²) in [6.07, 6.45) is 3.96. The summed E-state index contributed by atoms with van der Waals surface area (Å²) in [6.45, 7) is 4.15. The Hall–Kier alpha value is -0.890. The fourth-order valence-corrected chi connectivity index (χ4v) is 0.747. The molecule has 0 radical (unpaired) electrons. The summed E-state index contributed by atoms with van der Waals surface area (Å²) in [5, 5.41) is 0. The van der Waals surface area contributed by atoms with E-state index in [1.54, 1.807) is 0 Å². The first kappa shape index (κ1) is 8.11. The van der Waals surface area contributed by atoms with E-state index in [4.69, 9.17) is 0 Å². The zero-order valence-corrected chi connectivity index (χ0v) is 5.68. The van der Waals surface area contributed by atoms with Gasteiger partial charge in [0.1, 0.15) is 0 Å². The third-order valence-electron chi connectivity index (χ3n) is 1.08. The second kappa shape index (κ2) is 3.20.